The smallest absolute Gasteiger partial charge is 0.287 e. The van der Waals surface area contributed by atoms with Gasteiger partial charge in [-0.05, 0) is 18.2 Å². The summed E-state index contributed by atoms with van der Waals surface area (Å²) in [6, 6.07) is 15.6. The van der Waals surface area contributed by atoms with Crippen LogP contribution in [0.3, 0.4) is 0 Å². The van der Waals surface area contributed by atoms with Crippen LogP contribution in [-0.2, 0) is 0 Å². The van der Waals surface area contributed by atoms with Crippen LogP contribution in [-0.4, -0.2) is 49.9 Å². The highest BCUT2D eigenvalue weighted by Crippen LogP contribution is 2.32. The van der Waals surface area contributed by atoms with Crippen LogP contribution in [0.25, 0.3) is 0 Å². The number of nitro benzene ring substituents is 2. The molecule has 0 fully saturated rings. The minimum atomic E-state index is -1.14. The first-order valence-corrected chi connectivity index (χ1v) is 10.0. The average molecular weight is 474 g/mol. The minimum absolute atomic E-state index is 0.150. The van der Waals surface area contributed by atoms with Gasteiger partial charge in [-0.2, -0.15) is 5.01 Å². The largest absolute Gasteiger partial charge is 0.292 e. The maximum atomic E-state index is 13.4. The number of Topliss-reactive ketones (excluding diaryl/α,β-unsaturated/α-hetero) is 1. The Hall–Kier alpha value is -5.26. The molecule has 35 heavy (non-hydrogen) atoms. The molecule has 0 radical (unpaired) electrons. The van der Waals surface area contributed by atoms with E-state index in [2.05, 4.69) is 0 Å². The number of amides is 3. The van der Waals surface area contributed by atoms with Crippen LogP contribution >= 0.6 is 0 Å². The Labute approximate surface area is 196 Å². The second kappa shape index (κ2) is 8.94. The summed E-state index contributed by atoms with van der Waals surface area (Å²) in [5, 5.41) is 23.3. The summed E-state index contributed by atoms with van der Waals surface area (Å²) in [5.74, 6) is -3.77. The number of rotatable bonds is 7. The van der Waals surface area contributed by atoms with Gasteiger partial charge < -0.3 is 0 Å². The van der Waals surface area contributed by atoms with Crippen molar-refractivity contribution in [1.29, 1.82) is 0 Å². The molecular weight excluding hydrogens is 460 g/mol. The van der Waals surface area contributed by atoms with Crippen LogP contribution in [0, 0.1) is 20.2 Å². The van der Waals surface area contributed by atoms with Crippen LogP contribution in [0.1, 0.15) is 41.4 Å². The van der Waals surface area contributed by atoms with E-state index in [9.17, 15) is 39.4 Å². The van der Waals surface area contributed by atoms with Crippen LogP contribution in [0.5, 0.6) is 0 Å². The summed E-state index contributed by atoms with van der Waals surface area (Å²) >= 11 is 0. The zero-order chi connectivity index (χ0) is 25.3. The Morgan fingerprint density at radius 1 is 0.771 bits per heavy atom. The summed E-state index contributed by atoms with van der Waals surface area (Å²) in [4.78, 5) is 73.4. The fourth-order valence-corrected chi connectivity index (χ4v) is 3.59. The Morgan fingerprint density at radius 2 is 1.43 bits per heavy atom. The molecule has 1 aliphatic rings. The van der Waals surface area contributed by atoms with Gasteiger partial charge in [-0.25, -0.2) is 5.01 Å². The number of carbonyl (C=O) groups excluding carboxylic acids is 4. The second-order valence-electron chi connectivity index (χ2n) is 7.33. The van der Waals surface area contributed by atoms with Crippen molar-refractivity contribution in [3.8, 4) is 0 Å². The lowest BCUT2D eigenvalue weighted by Crippen LogP contribution is -2.51. The highest BCUT2D eigenvalue weighted by atomic mass is 16.6. The molecule has 0 bridgehead atoms. The first-order valence-electron chi connectivity index (χ1n) is 10.0. The molecule has 3 aromatic carbocycles. The van der Waals surface area contributed by atoms with E-state index < -0.39 is 51.1 Å². The molecule has 12 nitrogen and oxygen atoms in total. The SMILES string of the molecule is O=C(CN(C(=O)c1ccc([N+](=O)[O-])cc1)N1C(=O)c2cccc([N+](=O)[O-])c2C1=O)c1ccccc1. The number of imide groups is 1. The lowest BCUT2D eigenvalue weighted by Gasteiger charge is -2.29. The molecule has 3 aromatic rings. The number of hydrazine groups is 1. The van der Waals surface area contributed by atoms with E-state index >= 15 is 0 Å². The third kappa shape index (κ3) is 4.11. The number of carbonyl (C=O) groups is 4. The standard InChI is InChI=1S/C23H14N4O8/c28-19(14-5-2-1-3-6-14)13-24(21(29)15-9-11-16(12-10-15)26(32)33)25-22(30)17-7-4-8-18(27(34)35)20(17)23(25)31/h1-12H,13H2. The zero-order valence-corrected chi connectivity index (χ0v) is 17.7. The van der Waals surface area contributed by atoms with Crippen molar-refractivity contribution in [2.75, 3.05) is 6.54 Å². The van der Waals surface area contributed by atoms with Crippen LogP contribution < -0.4 is 0 Å². The molecule has 0 spiro atoms. The van der Waals surface area contributed by atoms with Crippen molar-refractivity contribution in [1.82, 2.24) is 10.0 Å². The summed E-state index contributed by atoms with van der Waals surface area (Å²) in [6.45, 7) is -0.751. The maximum absolute atomic E-state index is 13.4. The van der Waals surface area contributed by atoms with E-state index in [0.29, 0.717) is 10.0 Å². The second-order valence-corrected chi connectivity index (χ2v) is 7.33. The fraction of sp³-hybridized carbons (Fsp3) is 0.0435. The van der Waals surface area contributed by atoms with Gasteiger partial charge in [-0.1, -0.05) is 36.4 Å². The third-order valence-corrected chi connectivity index (χ3v) is 5.26. The molecule has 4 rings (SSSR count). The van der Waals surface area contributed by atoms with Crippen molar-refractivity contribution >= 4 is 34.9 Å². The molecule has 1 heterocycles. The van der Waals surface area contributed by atoms with Crippen LogP contribution in [0.15, 0.2) is 72.8 Å². The van der Waals surface area contributed by atoms with E-state index in [1.54, 1.807) is 18.2 Å². The highest BCUT2D eigenvalue weighted by Gasteiger charge is 2.46. The molecule has 12 heteroatoms. The van der Waals surface area contributed by atoms with Crippen molar-refractivity contribution in [3.63, 3.8) is 0 Å². The van der Waals surface area contributed by atoms with Crippen molar-refractivity contribution in [2.24, 2.45) is 0 Å². The first kappa shape index (κ1) is 22.9. The van der Waals surface area contributed by atoms with Gasteiger partial charge in [0.1, 0.15) is 12.1 Å². The zero-order valence-electron chi connectivity index (χ0n) is 17.7. The van der Waals surface area contributed by atoms with E-state index in [0.717, 1.165) is 30.3 Å². The van der Waals surface area contributed by atoms with Gasteiger partial charge in [0.15, 0.2) is 5.78 Å². The van der Waals surface area contributed by atoms with Crippen LogP contribution in [0.2, 0.25) is 0 Å². The fourth-order valence-electron chi connectivity index (χ4n) is 3.59. The van der Waals surface area contributed by atoms with Gasteiger partial charge in [0.05, 0.1) is 15.4 Å². The minimum Gasteiger partial charge on any atom is -0.292 e. The molecule has 0 saturated carbocycles. The summed E-state index contributed by atoms with van der Waals surface area (Å²) in [7, 11) is 0. The summed E-state index contributed by atoms with van der Waals surface area (Å²) in [6.07, 6.45) is 0. The lowest BCUT2D eigenvalue weighted by atomic mass is 10.1. The van der Waals surface area contributed by atoms with Gasteiger partial charge in [-0.15, -0.1) is 0 Å². The molecule has 174 valence electrons. The Balaban J connectivity index is 1.77. The van der Waals surface area contributed by atoms with E-state index in [4.69, 9.17) is 0 Å². The average Bonchev–Trinajstić information content (AvgIpc) is 3.12. The van der Waals surface area contributed by atoms with Gasteiger partial charge in [0.2, 0.25) is 0 Å². The summed E-state index contributed by atoms with van der Waals surface area (Å²) < 4.78 is 0. The predicted octanol–water partition coefficient (Wildman–Crippen LogP) is 3.04. The topological polar surface area (TPSA) is 161 Å². The van der Waals surface area contributed by atoms with Crippen molar-refractivity contribution in [3.05, 3.63) is 115 Å². The Bertz CT molecular complexity index is 1400. The number of non-ortho nitro benzene ring substituents is 1. The number of hydrogen-bond donors (Lipinski definition) is 0. The normalized spacial score (nSPS) is 12.3. The number of nitro groups is 2. The van der Waals surface area contributed by atoms with E-state index in [1.165, 1.54) is 24.3 Å². The van der Waals surface area contributed by atoms with Crippen molar-refractivity contribution < 1.29 is 29.0 Å². The number of fused-ring (bicyclic) bond motifs is 1. The van der Waals surface area contributed by atoms with Gasteiger partial charge >= 0.3 is 0 Å². The molecular formula is C23H14N4O8. The quantitative estimate of drug-likeness (QED) is 0.218. The Morgan fingerprint density at radius 3 is 2.03 bits per heavy atom. The molecule has 0 saturated heterocycles. The number of benzene rings is 3. The molecule has 3 amide bonds. The van der Waals surface area contributed by atoms with Gasteiger partial charge in [0, 0.05) is 29.3 Å². The third-order valence-electron chi connectivity index (χ3n) is 5.26. The highest BCUT2D eigenvalue weighted by molar-refractivity contribution is 6.24. The molecule has 0 atom stereocenters. The van der Waals surface area contributed by atoms with Gasteiger partial charge in [-0.3, -0.25) is 39.4 Å². The Kier molecular flexibility index (Phi) is 5.85. The van der Waals surface area contributed by atoms with Crippen molar-refractivity contribution in [2.45, 2.75) is 0 Å². The maximum Gasteiger partial charge on any atom is 0.287 e. The van der Waals surface area contributed by atoms with E-state index in [1.807, 2.05) is 0 Å². The number of hydrogen-bond acceptors (Lipinski definition) is 8. The monoisotopic (exact) mass is 474 g/mol. The number of nitrogens with zero attached hydrogens (tertiary/aromatic N) is 4. The first-order chi connectivity index (χ1) is 16.7. The molecule has 0 aromatic heterocycles. The molecule has 0 aliphatic carbocycles. The predicted molar refractivity (Wildman–Crippen MR) is 119 cm³/mol. The molecule has 1 aliphatic heterocycles. The number of ketones is 1. The lowest BCUT2D eigenvalue weighted by molar-refractivity contribution is -0.385. The molecule has 0 N–H and O–H groups in total. The summed E-state index contributed by atoms with van der Waals surface area (Å²) in [5.41, 5.74) is -1.68. The van der Waals surface area contributed by atoms with E-state index in [-0.39, 0.29) is 22.4 Å². The van der Waals surface area contributed by atoms with Gasteiger partial charge in [0.25, 0.3) is 29.1 Å². The molecule has 0 unspecified atom stereocenters. The van der Waals surface area contributed by atoms with Crippen LogP contribution in [0.4, 0.5) is 11.4 Å².